The highest BCUT2D eigenvalue weighted by Crippen LogP contribution is 2.19. The SMILES string of the molecule is CC(C)(C)C(N)CC(=O)NCC(O)c1ccccc1. The van der Waals surface area contributed by atoms with E-state index in [-0.39, 0.29) is 30.3 Å². The Morgan fingerprint density at radius 2 is 1.89 bits per heavy atom. The number of hydrogen-bond donors (Lipinski definition) is 3. The number of benzene rings is 1. The van der Waals surface area contributed by atoms with Crippen molar-refractivity contribution in [2.45, 2.75) is 39.3 Å². The number of nitrogens with one attached hydrogen (secondary N) is 1. The molecule has 4 heteroatoms. The fourth-order valence-corrected chi connectivity index (χ4v) is 1.58. The number of aliphatic hydroxyl groups excluding tert-OH is 1. The first-order valence-electron chi connectivity index (χ1n) is 6.56. The highest BCUT2D eigenvalue weighted by atomic mass is 16.3. The summed E-state index contributed by atoms with van der Waals surface area (Å²) in [5.74, 6) is -0.127. The first-order valence-corrected chi connectivity index (χ1v) is 6.56. The predicted octanol–water partition coefficient (Wildman–Crippen LogP) is 1.60. The van der Waals surface area contributed by atoms with E-state index in [4.69, 9.17) is 5.73 Å². The van der Waals surface area contributed by atoms with Crippen LogP contribution in [0.15, 0.2) is 30.3 Å². The molecule has 2 atom stereocenters. The Morgan fingerprint density at radius 3 is 2.42 bits per heavy atom. The van der Waals surface area contributed by atoms with Crippen LogP contribution in [0.4, 0.5) is 0 Å². The molecule has 0 saturated heterocycles. The first kappa shape index (κ1) is 15.7. The second kappa shape index (κ2) is 6.68. The Morgan fingerprint density at radius 1 is 1.32 bits per heavy atom. The van der Waals surface area contributed by atoms with Gasteiger partial charge in [-0.3, -0.25) is 4.79 Å². The number of rotatable bonds is 5. The first-order chi connectivity index (χ1) is 8.80. The van der Waals surface area contributed by atoms with Crippen molar-refractivity contribution < 1.29 is 9.90 Å². The highest BCUT2D eigenvalue weighted by Gasteiger charge is 2.23. The Balaban J connectivity index is 2.39. The monoisotopic (exact) mass is 264 g/mol. The van der Waals surface area contributed by atoms with Gasteiger partial charge in [0, 0.05) is 19.0 Å². The average molecular weight is 264 g/mol. The maximum absolute atomic E-state index is 11.7. The molecule has 0 fully saturated rings. The summed E-state index contributed by atoms with van der Waals surface area (Å²) in [7, 11) is 0. The van der Waals surface area contributed by atoms with Gasteiger partial charge in [-0.05, 0) is 11.0 Å². The molecular weight excluding hydrogens is 240 g/mol. The lowest BCUT2D eigenvalue weighted by Gasteiger charge is -2.26. The summed E-state index contributed by atoms with van der Waals surface area (Å²) in [6.07, 6.45) is -0.415. The van der Waals surface area contributed by atoms with E-state index in [0.29, 0.717) is 0 Å². The van der Waals surface area contributed by atoms with Gasteiger partial charge in [0.1, 0.15) is 0 Å². The zero-order valence-corrected chi connectivity index (χ0v) is 11.9. The second-order valence-electron chi connectivity index (χ2n) is 5.91. The molecule has 0 heterocycles. The molecule has 1 rings (SSSR count). The molecule has 0 aliphatic heterocycles. The van der Waals surface area contributed by atoms with Crippen molar-refractivity contribution in [1.82, 2.24) is 5.32 Å². The van der Waals surface area contributed by atoms with Crippen LogP contribution in [0.25, 0.3) is 0 Å². The maximum Gasteiger partial charge on any atom is 0.221 e. The smallest absolute Gasteiger partial charge is 0.221 e. The van der Waals surface area contributed by atoms with E-state index < -0.39 is 6.10 Å². The largest absolute Gasteiger partial charge is 0.387 e. The molecule has 0 spiro atoms. The normalized spacial score (nSPS) is 14.8. The Hall–Kier alpha value is -1.39. The molecule has 4 N–H and O–H groups in total. The van der Waals surface area contributed by atoms with Crippen molar-refractivity contribution in [3.05, 3.63) is 35.9 Å². The van der Waals surface area contributed by atoms with E-state index in [0.717, 1.165) is 5.56 Å². The molecule has 0 bridgehead atoms. The Labute approximate surface area is 115 Å². The number of aliphatic hydroxyl groups is 1. The number of carbonyl (C=O) groups excluding carboxylic acids is 1. The van der Waals surface area contributed by atoms with Crippen molar-refractivity contribution in [2.75, 3.05) is 6.54 Å². The number of carbonyl (C=O) groups is 1. The minimum Gasteiger partial charge on any atom is -0.387 e. The molecule has 0 saturated carbocycles. The summed E-state index contributed by atoms with van der Waals surface area (Å²) in [6, 6.07) is 9.07. The molecule has 106 valence electrons. The number of nitrogens with two attached hydrogens (primary N) is 1. The quantitative estimate of drug-likeness (QED) is 0.756. The summed E-state index contributed by atoms with van der Waals surface area (Å²) >= 11 is 0. The topological polar surface area (TPSA) is 75.4 Å². The third-order valence-corrected chi connectivity index (χ3v) is 3.19. The average Bonchev–Trinajstić information content (AvgIpc) is 2.35. The van der Waals surface area contributed by atoms with Gasteiger partial charge in [-0.15, -0.1) is 0 Å². The Bertz CT molecular complexity index is 398. The van der Waals surface area contributed by atoms with E-state index in [9.17, 15) is 9.90 Å². The van der Waals surface area contributed by atoms with Gasteiger partial charge in [-0.1, -0.05) is 51.1 Å². The third kappa shape index (κ3) is 5.41. The van der Waals surface area contributed by atoms with Crippen molar-refractivity contribution in [3.63, 3.8) is 0 Å². The summed E-state index contributed by atoms with van der Waals surface area (Å²) in [6.45, 7) is 6.22. The van der Waals surface area contributed by atoms with E-state index in [2.05, 4.69) is 5.32 Å². The molecule has 4 nitrogen and oxygen atoms in total. The fraction of sp³-hybridized carbons (Fsp3) is 0.533. The lowest BCUT2D eigenvalue weighted by Crippen LogP contribution is -2.40. The minimum atomic E-state index is -0.684. The van der Waals surface area contributed by atoms with Crippen LogP contribution in [0.2, 0.25) is 0 Å². The summed E-state index contributed by atoms with van der Waals surface area (Å²) in [4.78, 5) is 11.7. The lowest BCUT2D eigenvalue weighted by molar-refractivity contribution is -0.122. The van der Waals surface area contributed by atoms with Crippen LogP contribution in [0.5, 0.6) is 0 Å². The van der Waals surface area contributed by atoms with Crippen LogP contribution in [0, 0.1) is 5.41 Å². The number of hydrogen-bond acceptors (Lipinski definition) is 3. The van der Waals surface area contributed by atoms with Gasteiger partial charge < -0.3 is 16.2 Å². The maximum atomic E-state index is 11.7. The Kier molecular flexibility index (Phi) is 5.51. The highest BCUT2D eigenvalue weighted by molar-refractivity contribution is 5.76. The molecule has 1 amide bonds. The molecule has 0 aliphatic rings. The van der Waals surface area contributed by atoms with E-state index >= 15 is 0 Å². The van der Waals surface area contributed by atoms with Crippen molar-refractivity contribution in [2.24, 2.45) is 11.1 Å². The van der Waals surface area contributed by atoms with Gasteiger partial charge in [-0.2, -0.15) is 0 Å². The number of amides is 1. The molecule has 19 heavy (non-hydrogen) atoms. The molecule has 0 radical (unpaired) electrons. The van der Waals surface area contributed by atoms with Gasteiger partial charge in [0.25, 0.3) is 0 Å². The zero-order valence-electron chi connectivity index (χ0n) is 11.9. The van der Waals surface area contributed by atoms with Gasteiger partial charge in [0.2, 0.25) is 5.91 Å². The molecule has 0 aromatic heterocycles. The molecule has 2 unspecified atom stereocenters. The third-order valence-electron chi connectivity index (χ3n) is 3.19. The van der Waals surface area contributed by atoms with Crippen LogP contribution in [-0.2, 0) is 4.79 Å². The van der Waals surface area contributed by atoms with Gasteiger partial charge >= 0.3 is 0 Å². The van der Waals surface area contributed by atoms with Crippen molar-refractivity contribution >= 4 is 5.91 Å². The van der Waals surface area contributed by atoms with Crippen LogP contribution in [0.3, 0.4) is 0 Å². The van der Waals surface area contributed by atoms with Crippen molar-refractivity contribution in [3.8, 4) is 0 Å². The molecular formula is C15H24N2O2. The van der Waals surface area contributed by atoms with Gasteiger partial charge in [0.15, 0.2) is 0 Å². The lowest BCUT2D eigenvalue weighted by atomic mass is 9.85. The fourth-order valence-electron chi connectivity index (χ4n) is 1.58. The van der Waals surface area contributed by atoms with Gasteiger partial charge in [0.05, 0.1) is 6.10 Å². The summed E-state index contributed by atoms with van der Waals surface area (Å²) < 4.78 is 0. The van der Waals surface area contributed by atoms with Crippen LogP contribution < -0.4 is 11.1 Å². The van der Waals surface area contributed by atoms with Crippen LogP contribution in [0.1, 0.15) is 38.9 Å². The van der Waals surface area contributed by atoms with E-state index in [1.807, 2.05) is 51.1 Å². The van der Waals surface area contributed by atoms with Gasteiger partial charge in [-0.25, -0.2) is 0 Å². The minimum absolute atomic E-state index is 0.102. The standard InChI is InChI=1S/C15H24N2O2/c1-15(2,3)13(16)9-14(19)17-10-12(18)11-7-5-4-6-8-11/h4-8,12-13,18H,9-10,16H2,1-3H3,(H,17,19). The molecule has 1 aromatic carbocycles. The van der Waals surface area contributed by atoms with E-state index in [1.54, 1.807) is 0 Å². The van der Waals surface area contributed by atoms with E-state index in [1.165, 1.54) is 0 Å². The summed E-state index contributed by atoms with van der Waals surface area (Å²) in [5.41, 5.74) is 6.64. The van der Waals surface area contributed by atoms with Crippen molar-refractivity contribution in [1.29, 1.82) is 0 Å². The van der Waals surface area contributed by atoms with Crippen LogP contribution >= 0.6 is 0 Å². The second-order valence-corrected chi connectivity index (χ2v) is 5.91. The molecule has 0 aliphatic carbocycles. The molecule has 1 aromatic rings. The van der Waals surface area contributed by atoms with Crippen LogP contribution in [-0.4, -0.2) is 23.6 Å². The summed E-state index contributed by atoms with van der Waals surface area (Å²) in [5, 5.41) is 12.6. The zero-order chi connectivity index (χ0) is 14.5. The predicted molar refractivity (Wildman–Crippen MR) is 76.5 cm³/mol.